The Hall–Kier alpha value is -2.42. The molecule has 5 nitrogen and oxygen atoms in total. The van der Waals surface area contributed by atoms with Gasteiger partial charge in [-0.2, -0.15) is 0 Å². The summed E-state index contributed by atoms with van der Waals surface area (Å²) in [5.74, 6) is -0.287. The van der Waals surface area contributed by atoms with E-state index >= 15 is 0 Å². The Kier molecular flexibility index (Phi) is 5.70. The predicted molar refractivity (Wildman–Crippen MR) is 91.3 cm³/mol. The molecule has 0 radical (unpaired) electrons. The van der Waals surface area contributed by atoms with Crippen LogP contribution in [0.5, 0.6) is 11.5 Å². The molecule has 1 N–H and O–H groups in total. The standard InChI is InChI=1S/C17H18F3NO4S/c1-11-15(8-7-14(16(11)21-2)25-17(18,19)20)26(22,23)10-12-5-4-6-13(9-12)24-3/h4-9,21H,10H2,1-3H3. The van der Waals surface area contributed by atoms with E-state index < -0.39 is 21.9 Å². The fraction of sp³-hybridized carbons (Fsp3) is 0.294. The van der Waals surface area contributed by atoms with Gasteiger partial charge in [0.25, 0.3) is 0 Å². The van der Waals surface area contributed by atoms with Crippen LogP contribution in [-0.4, -0.2) is 28.9 Å². The summed E-state index contributed by atoms with van der Waals surface area (Å²) < 4.78 is 72.0. The third-order valence-corrected chi connectivity index (χ3v) is 5.50. The predicted octanol–water partition coefficient (Wildman–Crippen LogP) is 3.92. The fourth-order valence-electron chi connectivity index (χ4n) is 2.58. The highest BCUT2D eigenvalue weighted by molar-refractivity contribution is 7.90. The van der Waals surface area contributed by atoms with Crippen molar-refractivity contribution in [2.45, 2.75) is 23.9 Å². The lowest BCUT2D eigenvalue weighted by Gasteiger charge is -2.17. The zero-order valence-corrected chi connectivity index (χ0v) is 15.2. The minimum absolute atomic E-state index is 0.0333. The SMILES string of the molecule is CNc1c(OC(F)(F)F)ccc(S(=O)(=O)Cc2cccc(OC)c2)c1C. The molecule has 0 aromatic heterocycles. The summed E-state index contributed by atoms with van der Waals surface area (Å²) in [6.07, 6.45) is -4.88. The zero-order valence-electron chi connectivity index (χ0n) is 14.3. The molecule has 0 aliphatic rings. The van der Waals surface area contributed by atoms with Gasteiger partial charge in [0.15, 0.2) is 15.6 Å². The van der Waals surface area contributed by atoms with Gasteiger partial charge in [0.1, 0.15) is 5.75 Å². The van der Waals surface area contributed by atoms with Gasteiger partial charge in [-0.25, -0.2) is 8.42 Å². The average Bonchev–Trinajstić information content (AvgIpc) is 2.53. The van der Waals surface area contributed by atoms with E-state index in [2.05, 4.69) is 10.1 Å². The van der Waals surface area contributed by atoms with Crippen molar-refractivity contribution < 1.29 is 31.1 Å². The van der Waals surface area contributed by atoms with Crippen molar-refractivity contribution in [1.82, 2.24) is 0 Å². The second-order valence-corrected chi connectivity index (χ2v) is 7.43. The quantitative estimate of drug-likeness (QED) is 0.811. The van der Waals surface area contributed by atoms with Gasteiger partial charge in [0, 0.05) is 7.05 Å². The van der Waals surface area contributed by atoms with Crippen LogP contribution >= 0.6 is 0 Å². The molecule has 0 heterocycles. The van der Waals surface area contributed by atoms with Crippen LogP contribution in [0, 0.1) is 6.92 Å². The number of methoxy groups -OCH3 is 1. The molecule has 0 saturated carbocycles. The first kappa shape index (κ1) is 19.9. The lowest BCUT2D eigenvalue weighted by Crippen LogP contribution is -2.18. The normalized spacial score (nSPS) is 11.9. The molecule has 9 heteroatoms. The summed E-state index contributed by atoms with van der Waals surface area (Å²) in [5.41, 5.74) is 0.622. The number of ether oxygens (including phenoxy) is 2. The van der Waals surface area contributed by atoms with E-state index in [9.17, 15) is 21.6 Å². The van der Waals surface area contributed by atoms with Crippen LogP contribution in [0.25, 0.3) is 0 Å². The number of halogens is 3. The van der Waals surface area contributed by atoms with Gasteiger partial charge in [-0.15, -0.1) is 13.2 Å². The number of sulfone groups is 1. The van der Waals surface area contributed by atoms with Crippen LogP contribution in [-0.2, 0) is 15.6 Å². The number of alkyl halides is 3. The van der Waals surface area contributed by atoms with Crippen molar-refractivity contribution in [3.8, 4) is 11.5 Å². The Bertz CT molecular complexity index is 895. The summed E-state index contributed by atoms with van der Waals surface area (Å²) in [5, 5.41) is 2.57. The zero-order chi connectivity index (χ0) is 19.5. The van der Waals surface area contributed by atoms with Crippen LogP contribution in [0.3, 0.4) is 0 Å². The van der Waals surface area contributed by atoms with Gasteiger partial charge in [-0.3, -0.25) is 0 Å². The molecule has 2 aromatic rings. The highest BCUT2D eigenvalue weighted by Crippen LogP contribution is 2.36. The van der Waals surface area contributed by atoms with Gasteiger partial charge in [0.05, 0.1) is 23.4 Å². The second kappa shape index (κ2) is 7.45. The average molecular weight is 389 g/mol. The first-order valence-electron chi connectivity index (χ1n) is 7.50. The van der Waals surface area contributed by atoms with Crippen molar-refractivity contribution in [2.75, 3.05) is 19.5 Å². The number of hydrogen-bond donors (Lipinski definition) is 1. The van der Waals surface area contributed by atoms with Crippen molar-refractivity contribution >= 4 is 15.5 Å². The van der Waals surface area contributed by atoms with E-state index in [0.717, 1.165) is 12.1 Å². The third kappa shape index (κ3) is 4.60. The van der Waals surface area contributed by atoms with Crippen molar-refractivity contribution in [2.24, 2.45) is 0 Å². The molecule has 0 amide bonds. The van der Waals surface area contributed by atoms with E-state index in [0.29, 0.717) is 11.3 Å². The monoisotopic (exact) mass is 389 g/mol. The van der Waals surface area contributed by atoms with Gasteiger partial charge in [-0.1, -0.05) is 12.1 Å². The molecule has 142 valence electrons. The molecule has 2 rings (SSSR count). The minimum atomic E-state index is -4.88. The number of hydrogen-bond acceptors (Lipinski definition) is 5. The van der Waals surface area contributed by atoms with E-state index in [1.165, 1.54) is 21.1 Å². The molecule has 0 spiro atoms. The Morgan fingerprint density at radius 2 is 1.85 bits per heavy atom. The van der Waals surface area contributed by atoms with E-state index in [1.807, 2.05) is 0 Å². The Balaban J connectivity index is 2.43. The molecule has 2 aromatic carbocycles. The van der Waals surface area contributed by atoms with Crippen LogP contribution in [0.15, 0.2) is 41.3 Å². The first-order valence-corrected chi connectivity index (χ1v) is 9.15. The van der Waals surface area contributed by atoms with E-state index in [-0.39, 0.29) is 21.9 Å². The summed E-state index contributed by atoms with van der Waals surface area (Å²) in [7, 11) is -0.933. The van der Waals surface area contributed by atoms with Crippen molar-refractivity contribution in [3.05, 3.63) is 47.5 Å². The van der Waals surface area contributed by atoms with Gasteiger partial charge < -0.3 is 14.8 Å². The van der Waals surface area contributed by atoms with Crippen molar-refractivity contribution in [3.63, 3.8) is 0 Å². The molecule has 0 saturated heterocycles. The van der Waals surface area contributed by atoms with Gasteiger partial charge >= 0.3 is 6.36 Å². The van der Waals surface area contributed by atoms with E-state index in [4.69, 9.17) is 4.74 Å². The highest BCUT2D eigenvalue weighted by atomic mass is 32.2. The molecule has 0 bridgehead atoms. The molecule has 0 aliphatic heterocycles. The molecule has 0 fully saturated rings. The maximum Gasteiger partial charge on any atom is 0.573 e. The molecular formula is C17H18F3NO4S. The Morgan fingerprint density at radius 1 is 1.15 bits per heavy atom. The van der Waals surface area contributed by atoms with Crippen LogP contribution < -0.4 is 14.8 Å². The summed E-state index contributed by atoms with van der Waals surface area (Å²) in [4.78, 5) is -0.0702. The molecule has 0 atom stereocenters. The van der Waals surface area contributed by atoms with Gasteiger partial charge in [-0.05, 0) is 42.3 Å². The third-order valence-electron chi connectivity index (χ3n) is 3.68. The van der Waals surface area contributed by atoms with Crippen molar-refractivity contribution in [1.29, 1.82) is 0 Å². The van der Waals surface area contributed by atoms with Crippen LogP contribution in [0.2, 0.25) is 0 Å². The summed E-state index contributed by atoms with van der Waals surface area (Å²) in [6, 6.07) is 8.68. The van der Waals surface area contributed by atoms with E-state index in [1.54, 1.807) is 24.3 Å². The number of rotatable bonds is 6. The highest BCUT2D eigenvalue weighted by Gasteiger charge is 2.33. The maximum atomic E-state index is 12.8. The topological polar surface area (TPSA) is 64.6 Å². The molecular weight excluding hydrogens is 371 g/mol. The number of anilines is 1. The maximum absolute atomic E-state index is 12.8. The molecule has 26 heavy (non-hydrogen) atoms. The lowest BCUT2D eigenvalue weighted by molar-refractivity contribution is -0.274. The smallest absolute Gasteiger partial charge is 0.497 e. The summed E-state index contributed by atoms with van der Waals surface area (Å²) >= 11 is 0. The Morgan fingerprint density at radius 3 is 2.42 bits per heavy atom. The van der Waals surface area contributed by atoms with Gasteiger partial charge in [0.2, 0.25) is 0 Å². The molecule has 0 aliphatic carbocycles. The fourth-order valence-corrected chi connectivity index (χ4v) is 4.20. The number of benzene rings is 2. The lowest BCUT2D eigenvalue weighted by atomic mass is 10.2. The second-order valence-electron chi connectivity index (χ2n) is 5.47. The van der Waals surface area contributed by atoms with Crippen LogP contribution in [0.1, 0.15) is 11.1 Å². The molecule has 0 unspecified atom stereocenters. The Labute approximate surface area is 149 Å². The first-order chi connectivity index (χ1) is 12.1. The number of nitrogens with one attached hydrogen (secondary N) is 1. The largest absolute Gasteiger partial charge is 0.573 e. The summed E-state index contributed by atoms with van der Waals surface area (Å²) in [6.45, 7) is 1.42. The van der Waals surface area contributed by atoms with Crippen LogP contribution in [0.4, 0.5) is 18.9 Å². The minimum Gasteiger partial charge on any atom is -0.497 e.